The highest BCUT2D eigenvalue weighted by Gasteiger charge is 2.26. The van der Waals surface area contributed by atoms with E-state index in [2.05, 4.69) is 54.9 Å². The molecule has 1 N–H and O–H groups in total. The van der Waals surface area contributed by atoms with Gasteiger partial charge in [-0.25, -0.2) is 0 Å². The lowest BCUT2D eigenvalue weighted by Crippen LogP contribution is -2.49. The van der Waals surface area contributed by atoms with Gasteiger partial charge in [0.05, 0.1) is 12.0 Å². The van der Waals surface area contributed by atoms with E-state index in [1.165, 1.54) is 5.56 Å². The van der Waals surface area contributed by atoms with Gasteiger partial charge in [-0.2, -0.15) is 0 Å². The number of aliphatic hydroxyl groups is 1. The second-order valence-corrected chi connectivity index (χ2v) is 9.92. The van der Waals surface area contributed by atoms with Crippen LogP contribution in [0.2, 0.25) is 0 Å². The van der Waals surface area contributed by atoms with Gasteiger partial charge in [0.1, 0.15) is 11.3 Å². The van der Waals surface area contributed by atoms with Crippen molar-refractivity contribution in [2.24, 2.45) is 4.99 Å². The lowest BCUT2D eigenvalue weighted by Gasteiger charge is -2.34. The molecule has 2 aromatic carbocycles. The van der Waals surface area contributed by atoms with Crippen molar-refractivity contribution in [3.63, 3.8) is 0 Å². The summed E-state index contributed by atoms with van der Waals surface area (Å²) >= 11 is 0. The number of rotatable bonds is 5. The van der Waals surface area contributed by atoms with E-state index in [9.17, 15) is 9.90 Å². The number of fused-ring (bicyclic) bond motifs is 2. The Bertz CT molecular complexity index is 1500. The summed E-state index contributed by atoms with van der Waals surface area (Å²) in [5.74, 6) is 0.808. The van der Waals surface area contributed by atoms with Crippen molar-refractivity contribution < 1.29 is 14.3 Å². The van der Waals surface area contributed by atoms with E-state index in [1.807, 2.05) is 36.1 Å². The number of carbonyl (C=O) groups is 1. The lowest BCUT2D eigenvalue weighted by molar-refractivity contribution is 0.0615. The molecule has 0 unspecified atom stereocenters. The molecule has 192 valence electrons. The quantitative estimate of drug-likeness (QED) is 0.402. The van der Waals surface area contributed by atoms with Crippen LogP contribution in [-0.4, -0.2) is 66.7 Å². The largest absolute Gasteiger partial charge is 0.456 e. The van der Waals surface area contributed by atoms with E-state index in [-0.39, 0.29) is 12.5 Å². The van der Waals surface area contributed by atoms with Gasteiger partial charge in [0.2, 0.25) is 0 Å². The molecule has 2 aromatic rings. The molecule has 1 amide bonds. The molecule has 0 atom stereocenters. The van der Waals surface area contributed by atoms with Crippen molar-refractivity contribution in [3.8, 4) is 22.5 Å². The first kappa shape index (κ1) is 25.2. The molecule has 0 bridgehead atoms. The number of carbonyl (C=O) groups excluding carboxylic acids is 1. The maximum atomic E-state index is 13.9. The number of piperazine rings is 1. The smallest absolute Gasteiger partial charge is 0.254 e. The number of aliphatic hydroxyl groups excluding tert-OH is 1. The Morgan fingerprint density at radius 2 is 1.68 bits per heavy atom. The SMILES string of the molecule is CC/N=c1/cc2oc3cc(C)c(C)cc3c(-c3ccccc3C(=O)N3CCN(CCO)CC3)c-2cc1C. The van der Waals surface area contributed by atoms with Crippen LogP contribution < -0.4 is 5.36 Å². The summed E-state index contributed by atoms with van der Waals surface area (Å²) in [6.07, 6.45) is 0. The van der Waals surface area contributed by atoms with Gasteiger partial charge in [-0.05, 0) is 74.2 Å². The normalized spacial score (nSPS) is 15.2. The van der Waals surface area contributed by atoms with Crippen LogP contribution in [0.25, 0.3) is 33.4 Å². The van der Waals surface area contributed by atoms with E-state index in [1.54, 1.807) is 0 Å². The third-order valence-electron chi connectivity index (χ3n) is 7.48. The van der Waals surface area contributed by atoms with Gasteiger partial charge in [-0.1, -0.05) is 18.2 Å². The third-order valence-corrected chi connectivity index (χ3v) is 7.48. The summed E-state index contributed by atoms with van der Waals surface area (Å²) in [6, 6.07) is 16.4. The summed E-state index contributed by atoms with van der Waals surface area (Å²) in [4.78, 5) is 22.7. The third kappa shape index (κ3) is 4.79. The van der Waals surface area contributed by atoms with Gasteiger partial charge in [-0.3, -0.25) is 14.7 Å². The van der Waals surface area contributed by atoms with Crippen LogP contribution in [0, 0.1) is 20.8 Å². The number of benzene rings is 3. The zero-order valence-electron chi connectivity index (χ0n) is 22.2. The Hall–Kier alpha value is -3.48. The summed E-state index contributed by atoms with van der Waals surface area (Å²) in [7, 11) is 0. The molecule has 2 heterocycles. The lowest BCUT2D eigenvalue weighted by atomic mass is 9.88. The fourth-order valence-electron chi connectivity index (χ4n) is 5.30. The molecule has 1 fully saturated rings. The molecule has 6 nitrogen and oxygen atoms in total. The molecule has 0 radical (unpaired) electrons. The number of β-amino-alcohol motifs (C(OH)–C–C–N with tert-alkyl or cyclic N) is 1. The highest BCUT2D eigenvalue weighted by atomic mass is 16.3. The van der Waals surface area contributed by atoms with Crippen LogP contribution in [0.5, 0.6) is 0 Å². The van der Waals surface area contributed by atoms with E-state index < -0.39 is 0 Å². The summed E-state index contributed by atoms with van der Waals surface area (Å²) in [5.41, 5.74) is 7.85. The standard InChI is InChI=1S/C31H35N3O3/c1-5-32-27-19-29-26(17-22(27)4)30(25-16-20(2)21(3)18-28(25)37-29)23-8-6-7-9-24(23)31(36)34-12-10-33(11-13-34)14-15-35/h6-9,16-19,35H,5,10-15H2,1-4H3/b32-27-. The van der Waals surface area contributed by atoms with Crippen molar-refractivity contribution >= 4 is 16.9 Å². The minimum Gasteiger partial charge on any atom is -0.456 e. The highest BCUT2D eigenvalue weighted by Crippen LogP contribution is 2.42. The van der Waals surface area contributed by atoms with Gasteiger partial charge < -0.3 is 14.4 Å². The zero-order valence-corrected chi connectivity index (χ0v) is 22.2. The van der Waals surface area contributed by atoms with E-state index in [0.717, 1.165) is 63.0 Å². The average Bonchev–Trinajstić information content (AvgIpc) is 2.89. The average molecular weight is 498 g/mol. The van der Waals surface area contributed by atoms with Crippen LogP contribution in [0.4, 0.5) is 0 Å². The molecular weight excluding hydrogens is 462 g/mol. The number of amides is 1. The topological polar surface area (TPSA) is 69.3 Å². The molecule has 0 saturated carbocycles. The fourth-order valence-corrected chi connectivity index (χ4v) is 5.30. The van der Waals surface area contributed by atoms with Crippen LogP contribution in [0.1, 0.15) is 34.0 Å². The number of hydrogen-bond donors (Lipinski definition) is 1. The molecule has 1 aliphatic carbocycles. The number of hydrogen-bond acceptors (Lipinski definition) is 5. The van der Waals surface area contributed by atoms with Gasteiger partial charge in [0.25, 0.3) is 5.91 Å². The van der Waals surface area contributed by atoms with Crippen LogP contribution >= 0.6 is 0 Å². The van der Waals surface area contributed by atoms with Crippen molar-refractivity contribution in [3.05, 3.63) is 76.1 Å². The molecule has 1 saturated heterocycles. The first-order chi connectivity index (χ1) is 17.9. The predicted octanol–water partition coefficient (Wildman–Crippen LogP) is 4.80. The van der Waals surface area contributed by atoms with Gasteiger partial charge in [0.15, 0.2) is 0 Å². The highest BCUT2D eigenvalue weighted by molar-refractivity contribution is 6.09. The van der Waals surface area contributed by atoms with Crippen LogP contribution in [-0.2, 0) is 0 Å². The zero-order chi connectivity index (χ0) is 26.1. The predicted molar refractivity (Wildman–Crippen MR) is 148 cm³/mol. The Labute approximate surface area is 218 Å². The summed E-state index contributed by atoms with van der Waals surface area (Å²) in [5, 5.41) is 11.2. The van der Waals surface area contributed by atoms with Crippen molar-refractivity contribution in [2.75, 3.05) is 45.9 Å². The van der Waals surface area contributed by atoms with Crippen LogP contribution in [0.3, 0.4) is 0 Å². The molecule has 0 spiro atoms. The molecule has 6 heteroatoms. The Balaban J connectivity index is 1.71. The second-order valence-electron chi connectivity index (χ2n) is 9.92. The Morgan fingerprint density at radius 1 is 0.946 bits per heavy atom. The van der Waals surface area contributed by atoms with Crippen molar-refractivity contribution in [1.82, 2.24) is 9.80 Å². The van der Waals surface area contributed by atoms with Crippen LogP contribution in [0.15, 0.2) is 57.9 Å². The van der Waals surface area contributed by atoms with Gasteiger partial charge >= 0.3 is 0 Å². The molecule has 37 heavy (non-hydrogen) atoms. The first-order valence-corrected chi connectivity index (χ1v) is 13.1. The maximum Gasteiger partial charge on any atom is 0.254 e. The monoisotopic (exact) mass is 497 g/mol. The molecule has 0 aromatic heterocycles. The summed E-state index contributed by atoms with van der Waals surface area (Å²) < 4.78 is 6.46. The molecule has 3 aliphatic rings. The van der Waals surface area contributed by atoms with E-state index in [4.69, 9.17) is 4.42 Å². The van der Waals surface area contributed by atoms with Crippen molar-refractivity contribution in [1.29, 1.82) is 0 Å². The fraction of sp³-hybridized carbons (Fsp3) is 0.355. The first-order valence-electron chi connectivity index (χ1n) is 13.1. The van der Waals surface area contributed by atoms with E-state index in [0.29, 0.717) is 31.7 Å². The number of nitrogens with zero attached hydrogens (tertiary/aromatic N) is 3. The van der Waals surface area contributed by atoms with Gasteiger partial charge in [-0.15, -0.1) is 0 Å². The maximum absolute atomic E-state index is 13.9. The van der Waals surface area contributed by atoms with E-state index >= 15 is 0 Å². The minimum absolute atomic E-state index is 0.0412. The Morgan fingerprint density at radius 3 is 2.41 bits per heavy atom. The molecule has 2 aliphatic heterocycles. The number of aryl methyl sites for hydroxylation is 3. The van der Waals surface area contributed by atoms with Gasteiger partial charge in [0, 0.05) is 67.4 Å². The second kappa shape index (κ2) is 10.5. The molecular formula is C31H35N3O3. The molecule has 5 rings (SSSR count). The minimum atomic E-state index is 0.0412. The Kier molecular flexibility index (Phi) is 7.13. The van der Waals surface area contributed by atoms with Crippen molar-refractivity contribution in [2.45, 2.75) is 27.7 Å². The summed E-state index contributed by atoms with van der Waals surface area (Å²) in [6.45, 7) is 12.6.